The molecule has 0 spiro atoms. The highest BCUT2D eigenvalue weighted by atomic mass is 16.5. The molecule has 7 heteroatoms. The lowest BCUT2D eigenvalue weighted by molar-refractivity contribution is -0.135. The van der Waals surface area contributed by atoms with E-state index in [0.717, 1.165) is 18.5 Å². The zero-order valence-electron chi connectivity index (χ0n) is 17.2. The Morgan fingerprint density at radius 1 is 1.29 bits per heavy atom. The molecule has 0 aliphatic heterocycles. The van der Waals surface area contributed by atoms with E-state index in [1.165, 1.54) is 7.11 Å². The topological polar surface area (TPSA) is 76.7 Å². The van der Waals surface area contributed by atoms with Crippen LogP contribution in [0.3, 0.4) is 0 Å². The van der Waals surface area contributed by atoms with Crippen LogP contribution in [0.5, 0.6) is 0 Å². The maximum Gasteiger partial charge on any atom is 0.287 e. The van der Waals surface area contributed by atoms with Crippen molar-refractivity contribution < 1.29 is 18.7 Å². The molecule has 2 aromatic rings. The van der Waals surface area contributed by atoms with Crippen molar-refractivity contribution in [2.24, 2.45) is 0 Å². The summed E-state index contributed by atoms with van der Waals surface area (Å²) in [7, 11) is 1.52. The van der Waals surface area contributed by atoms with E-state index in [0.29, 0.717) is 31.2 Å². The molecule has 0 aromatic carbocycles. The molecule has 1 atom stereocenters. The summed E-state index contributed by atoms with van der Waals surface area (Å²) in [6, 6.07) is 7.55. The van der Waals surface area contributed by atoms with Crippen molar-refractivity contribution >= 4 is 11.8 Å². The van der Waals surface area contributed by atoms with E-state index in [1.807, 2.05) is 49.7 Å². The largest absolute Gasteiger partial charge is 0.454 e. The van der Waals surface area contributed by atoms with Crippen LogP contribution in [-0.2, 0) is 22.6 Å². The fourth-order valence-electron chi connectivity index (χ4n) is 2.87. The van der Waals surface area contributed by atoms with Gasteiger partial charge in [0.2, 0.25) is 5.91 Å². The number of methoxy groups -OCH3 is 1. The van der Waals surface area contributed by atoms with Crippen LogP contribution in [0.1, 0.15) is 55.6 Å². The Morgan fingerprint density at radius 2 is 2.07 bits per heavy atom. The predicted molar refractivity (Wildman–Crippen MR) is 107 cm³/mol. The van der Waals surface area contributed by atoms with Gasteiger partial charge in [-0.2, -0.15) is 0 Å². The Morgan fingerprint density at radius 3 is 2.75 bits per heavy atom. The lowest BCUT2D eigenvalue weighted by Crippen LogP contribution is -2.34. The minimum Gasteiger partial charge on any atom is -0.454 e. The molecule has 0 radical (unpaired) electrons. The molecule has 154 valence electrons. The summed E-state index contributed by atoms with van der Waals surface area (Å²) in [6.07, 6.45) is 3.69. The van der Waals surface area contributed by atoms with Crippen molar-refractivity contribution in [3.63, 3.8) is 0 Å². The molecule has 0 bridgehead atoms. The van der Waals surface area contributed by atoms with Gasteiger partial charge < -0.3 is 23.9 Å². The fraction of sp³-hybridized carbons (Fsp3) is 0.524. The summed E-state index contributed by atoms with van der Waals surface area (Å²) in [4.78, 5) is 26.2. The number of amides is 2. The van der Waals surface area contributed by atoms with Crippen molar-refractivity contribution in [3.8, 4) is 0 Å². The van der Waals surface area contributed by atoms with Gasteiger partial charge in [0.15, 0.2) is 5.76 Å². The Labute approximate surface area is 166 Å². The van der Waals surface area contributed by atoms with E-state index in [4.69, 9.17) is 9.15 Å². The number of nitrogens with one attached hydrogen (secondary N) is 1. The molecule has 0 aliphatic rings. The summed E-state index contributed by atoms with van der Waals surface area (Å²) in [5.41, 5.74) is 1.000. The maximum absolute atomic E-state index is 12.2. The maximum atomic E-state index is 12.2. The van der Waals surface area contributed by atoms with Gasteiger partial charge in [0, 0.05) is 31.6 Å². The molecule has 0 saturated heterocycles. The van der Waals surface area contributed by atoms with Crippen LogP contribution in [0.25, 0.3) is 0 Å². The number of rotatable bonds is 11. The lowest BCUT2D eigenvalue weighted by Gasteiger charge is -2.22. The summed E-state index contributed by atoms with van der Waals surface area (Å²) in [5.74, 6) is 0.774. The second kappa shape index (κ2) is 10.7. The van der Waals surface area contributed by atoms with E-state index in [2.05, 4.69) is 5.32 Å². The number of aromatic nitrogens is 1. The third-order valence-corrected chi connectivity index (χ3v) is 4.59. The van der Waals surface area contributed by atoms with E-state index in [-0.39, 0.29) is 24.5 Å². The van der Waals surface area contributed by atoms with Crippen LogP contribution in [0.4, 0.5) is 0 Å². The molecule has 0 saturated carbocycles. The van der Waals surface area contributed by atoms with Gasteiger partial charge in [-0.15, -0.1) is 0 Å². The van der Waals surface area contributed by atoms with Gasteiger partial charge in [-0.05, 0) is 44.0 Å². The normalized spacial score (nSPS) is 12.0. The quantitative estimate of drug-likeness (QED) is 0.641. The van der Waals surface area contributed by atoms with E-state index >= 15 is 0 Å². The minimum atomic E-state index is -0.201. The van der Waals surface area contributed by atoms with Crippen LogP contribution >= 0.6 is 0 Å². The van der Waals surface area contributed by atoms with Gasteiger partial charge in [0.25, 0.3) is 5.91 Å². The first kappa shape index (κ1) is 21.8. The zero-order chi connectivity index (χ0) is 20.5. The molecule has 0 fully saturated rings. The molecule has 2 amide bonds. The average Bonchev–Trinajstić information content (AvgIpc) is 3.31. The summed E-state index contributed by atoms with van der Waals surface area (Å²) in [6.45, 7) is 7.77. The zero-order valence-corrected chi connectivity index (χ0v) is 17.2. The first-order valence-corrected chi connectivity index (χ1v) is 9.78. The Kier molecular flexibility index (Phi) is 8.32. The monoisotopic (exact) mass is 389 g/mol. The summed E-state index contributed by atoms with van der Waals surface area (Å²) >= 11 is 0. The van der Waals surface area contributed by atoms with Crippen molar-refractivity contribution in [1.29, 1.82) is 0 Å². The highest BCUT2D eigenvalue weighted by Gasteiger charge is 2.16. The van der Waals surface area contributed by atoms with E-state index in [1.54, 1.807) is 11.0 Å². The van der Waals surface area contributed by atoms with Crippen molar-refractivity contribution in [1.82, 2.24) is 14.8 Å². The highest BCUT2D eigenvalue weighted by molar-refractivity contribution is 5.91. The molecule has 0 aliphatic carbocycles. The second-order valence-corrected chi connectivity index (χ2v) is 6.92. The van der Waals surface area contributed by atoms with Crippen LogP contribution in [0.15, 0.2) is 34.9 Å². The standard InChI is InChI=1S/C21H31N3O4/c1-5-11-24(20(25)15-27-4)13-17-8-7-12-23(17)14-18-9-10-19(28-18)21(26)22-16(3)6-2/h7-10,12,16H,5-6,11,13-15H2,1-4H3,(H,22,26). The Hall–Kier alpha value is -2.54. The average molecular weight is 389 g/mol. The van der Waals surface area contributed by atoms with Gasteiger partial charge in [-0.25, -0.2) is 0 Å². The SMILES string of the molecule is CCCN(Cc1cccn1Cc1ccc(C(=O)NC(C)CC)o1)C(=O)COC. The molecular formula is C21H31N3O4. The summed E-state index contributed by atoms with van der Waals surface area (Å²) in [5, 5.41) is 2.90. The van der Waals surface area contributed by atoms with Crippen LogP contribution in [0, 0.1) is 0 Å². The van der Waals surface area contributed by atoms with Crippen molar-refractivity contribution in [3.05, 3.63) is 47.7 Å². The smallest absolute Gasteiger partial charge is 0.287 e. The Bertz CT molecular complexity index is 765. The fourth-order valence-corrected chi connectivity index (χ4v) is 2.87. The number of hydrogen-bond donors (Lipinski definition) is 1. The number of hydrogen-bond acceptors (Lipinski definition) is 4. The third kappa shape index (κ3) is 5.99. The van der Waals surface area contributed by atoms with Gasteiger partial charge in [-0.1, -0.05) is 13.8 Å². The van der Waals surface area contributed by atoms with Gasteiger partial charge in [0.05, 0.1) is 13.1 Å². The molecule has 1 unspecified atom stereocenters. The minimum absolute atomic E-state index is 0.0286. The molecule has 1 N–H and O–H groups in total. The number of carbonyl (C=O) groups excluding carboxylic acids is 2. The molecule has 2 aromatic heterocycles. The van der Waals surface area contributed by atoms with Gasteiger partial charge in [0.1, 0.15) is 12.4 Å². The van der Waals surface area contributed by atoms with Crippen LogP contribution in [-0.4, -0.2) is 47.6 Å². The van der Waals surface area contributed by atoms with Crippen molar-refractivity contribution in [2.75, 3.05) is 20.3 Å². The molecular weight excluding hydrogens is 358 g/mol. The van der Waals surface area contributed by atoms with Crippen LogP contribution in [0.2, 0.25) is 0 Å². The molecule has 2 heterocycles. The number of carbonyl (C=O) groups is 2. The number of nitrogens with zero attached hydrogens (tertiary/aromatic N) is 2. The first-order valence-electron chi connectivity index (χ1n) is 9.78. The third-order valence-electron chi connectivity index (χ3n) is 4.59. The Balaban J connectivity index is 2.05. The van der Waals surface area contributed by atoms with Crippen LogP contribution < -0.4 is 5.32 Å². The molecule has 2 rings (SSSR count). The lowest BCUT2D eigenvalue weighted by atomic mass is 10.2. The van der Waals surface area contributed by atoms with Gasteiger partial charge >= 0.3 is 0 Å². The van der Waals surface area contributed by atoms with Gasteiger partial charge in [-0.3, -0.25) is 9.59 Å². The molecule has 28 heavy (non-hydrogen) atoms. The van der Waals surface area contributed by atoms with E-state index in [9.17, 15) is 9.59 Å². The van der Waals surface area contributed by atoms with Crippen molar-refractivity contribution in [2.45, 2.75) is 52.7 Å². The molecule has 7 nitrogen and oxygen atoms in total. The summed E-state index contributed by atoms with van der Waals surface area (Å²) < 4.78 is 12.7. The predicted octanol–water partition coefficient (Wildman–Crippen LogP) is 3.04. The highest BCUT2D eigenvalue weighted by Crippen LogP contribution is 2.14. The number of ether oxygens (including phenoxy) is 1. The van der Waals surface area contributed by atoms with E-state index < -0.39 is 0 Å². The second-order valence-electron chi connectivity index (χ2n) is 6.92. The first-order chi connectivity index (χ1) is 13.5. The number of furan rings is 1.